The van der Waals surface area contributed by atoms with Gasteiger partial charge in [-0.1, -0.05) is 0 Å². The van der Waals surface area contributed by atoms with Crippen molar-refractivity contribution in [2.24, 2.45) is 0 Å². The Morgan fingerprint density at radius 3 is 2.50 bits per heavy atom. The van der Waals surface area contributed by atoms with Crippen LogP contribution in [0.5, 0.6) is 0 Å². The van der Waals surface area contributed by atoms with Gasteiger partial charge in [-0.2, -0.15) is 12.5 Å². The first-order valence-electron chi connectivity index (χ1n) is 3.34. The number of benzene rings is 1. The molecule has 0 fully saturated rings. The average Bonchev–Trinajstić information content (AvgIpc) is 1.96. The van der Waals surface area contributed by atoms with Crippen LogP contribution in [0.2, 0.25) is 0 Å². The minimum absolute atomic E-state index is 0.163. The summed E-state index contributed by atoms with van der Waals surface area (Å²) >= 11 is 3.67. The molecule has 0 bridgehead atoms. The molecule has 0 radical (unpaired) electrons. The Labute approximate surface area is 74.8 Å². The van der Waals surface area contributed by atoms with Gasteiger partial charge in [0.1, 0.15) is 11.6 Å². The average molecular weight is 188 g/mol. The first kappa shape index (κ1) is 9.54. The van der Waals surface area contributed by atoms with Gasteiger partial charge in [-0.15, -0.1) is 0 Å². The highest BCUT2D eigenvalue weighted by molar-refractivity contribution is 8.11. The quantitative estimate of drug-likeness (QED) is 0.495. The van der Waals surface area contributed by atoms with E-state index in [4.69, 9.17) is 5.02 Å². The maximum Gasteiger partial charge on any atom is 0.391 e. The van der Waals surface area contributed by atoms with Gasteiger partial charge in [-0.25, -0.2) is 8.78 Å². The summed E-state index contributed by atoms with van der Waals surface area (Å²) in [5, 5.41) is 8.98. The lowest BCUT2D eigenvalue weighted by atomic mass is 9.83. The molecule has 64 valence electrons. The normalized spacial score (nSPS) is 10.1. The van der Waals surface area contributed by atoms with Gasteiger partial charge in [-0.3, -0.25) is 0 Å². The van der Waals surface area contributed by atoms with Crippen LogP contribution in [0.3, 0.4) is 0 Å². The van der Waals surface area contributed by atoms with Crippen LogP contribution >= 0.6 is 12.5 Å². The van der Waals surface area contributed by atoms with E-state index in [0.29, 0.717) is 0 Å². The monoisotopic (exact) mass is 188 g/mol. The fourth-order valence-corrected chi connectivity index (χ4v) is 1.20. The highest BCUT2D eigenvalue weighted by Gasteiger charge is 2.15. The van der Waals surface area contributed by atoms with Crippen molar-refractivity contribution >= 4 is 24.1 Å². The predicted octanol–water partition coefficient (Wildman–Crippen LogP) is 0.891. The lowest BCUT2D eigenvalue weighted by Gasteiger charge is -2.05. The maximum absolute atomic E-state index is 12.8. The zero-order valence-electron chi connectivity index (χ0n) is 6.38. The van der Waals surface area contributed by atoms with Crippen molar-refractivity contribution in [1.29, 1.82) is 0 Å². The molecule has 0 aliphatic heterocycles. The van der Waals surface area contributed by atoms with Gasteiger partial charge in [0.15, 0.2) is 0 Å². The van der Waals surface area contributed by atoms with E-state index >= 15 is 0 Å². The van der Waals surface area contributed by atoms with Crippen molar-refractivity contribution in [2.75, 3.05) is 0 Å². The maximum atomic E-state index is 12.8. The van der Waals surface area contributed by atoms with Crippen LogP contribution in [0.25, 0.3) is 0 Å². The highest BCUT2D eigenvalue weighted by atomic mass is 32.1. The first-order valence-corrected chi connectivity index (χ1v) is 3.85. The fraction of sp³-hybridized carbons (Fsp3) is 0.143. The SMILES string of the molecule is Cc1c(F)cc(F)cc1B(O)S. The van der Waals surface area contributed by atoms with E-state index < -0.39 is 17.8 Å². The molecule has 0 saturated heterocycles. The number of halogens is 2. The zero-order valence-corrected chi connectivity index (χ0v) is 7.28. The Kier molecular flexibility index (Phi) is 2.74. The van der Waals surface area contributed by atoms with Crippen molar-refractivity contribution < 1.29 is 13.8 Å². The van der Waals surface area contributed by atoms with Gasteiger partial charge in [0.05, 0.1) is 0 Å². The van der Waals surface area contributed by atoms with Crippen molar-refractivity contribution in [3.05, 3.63) is 29.3 Å². The van der Waals surface area contributed by atoms with Crippen molar-refractivity contribution in [2.45, 2.75) is 6.92 Å². The Hall–Kier alpha value is -0.545. The van der Waals surface area contributed by atoms with Gasteiger partial charge in [0, 0.05) is 6.07 Å². The molecule has 0 aromatic heterocycles. The summed E-state index contributed by atoms with van der Waals surface area (Å²) in [7, 11) is 0. The lowest BCUT2D eigenvalue weighted by molar-refractivity contribution is 0.575. The highest BCUT2D eigenvalue weighted by Crippen LogP contribution is 2.07. The second kappa shape index (κ2) is 3.45. The Bertz CT molecular complexity index is 304. The van der Waals surface area contributed by atoms with Crippen molar-refractivity contribution in [3.63, 3.8) is 0 Å². The summed E-state index contributed by atoms with van der Waals surface area (Å²) in [4.78, 5) is 0. The molecule has 1 aromatic rings. The van der Waals surface area contributed by atoms with Crippen LogP contribution in [0, 0.1) is 18.6 Å². The summed E-state index contributed by atoms with van der Waals surface area (Å²) in [6.07, 6.45) is -1.14. The van der Waals surface area contributed by atoms with Gasteiger partial charge < -0.3 is 5.02 Å². The third-order valence-electron chi connectivity index (χ3n) is 1.63. The Morgan fingerprint density at radius 2 is 2.00 bits per heavy atom. The third kappa shape index (κ3) is 1.79. The molecule has 0 spiro atoms. The molecule has 0 heterocycles. The van der Waals surface area contributed by atoms with E-state index in [-0.39, 0.29) is 11.0 Å². The van der Waals surface area contributed by atoms with Crippen LogP contribution in [0.4, 0.5) is 8.78 Å². The van der Waals surface area contributed by atoms with Gasteiger partial charge in [0.2, 0.25) is 0 Å². The summed E-state index contributed by atoms with van der Waals surface area (Å²) in [5.74, 6) is -1.38. The van der Waals surface area contributed by atoms with Crippen molar-refractivity contribution in [1.82, 2.24) is 0 Å². The summed E-state index contributed by atoms with van der Waals surface area (Å²) in [5.41, 5.74) is 0.384. The van der Waals surface area contributed by atoms with E-state index in [0.717, 1.165) is 12.1 Å². The molecular weight excluding hydrogens is 181 g/mol. The smallest absolute Gasteiger partial charge is 0.391 e. The summed E-state index contributed by atoms with van der Waals surface area (Å²) in [6, 6.07) is 1.84. The fourth-order valence-electron chi connectivity index (χ4n) is 0.934. The molecule has 1 aromatic carbocycles. The van der Waals surface area contributed by atoms with Crippen LogP contribution in [0.15, 0.2) is 12.1 Å². The molecule has 0 saturated carbocycles. The zero-order chi connectivity index (χ0) is 9.30. The van der Waals surface area contributed by atoms with E-state index in [1.54, 1.807) is 0 Å². The van der Waals surface area contributed by atoms with E-state index in [1.165, 1.54) is 6.92 Å². The summed E-state index contributed by atoms with van der Waals surface area (Å²) in [6.45, 7) is 1.46. The lowest BCUT2D eigenvalue weighted by Crippen LogP contribution is -2.28. The van der Waals surface area contributed by atoms with Gasteiger partial charge in [-0.05, 0) is 24.0 Å². The molecule has 5 heteroatoms. The van der Waals surface area contributed by atoms with E-state index in [9.17, 15) is 8.78 Å². The predicted molar refractivity (Wildman–Crippen MR) is 47.7 cm³/mol. The molecule has 0 aliphatic rings. The molecule has 1 N–H and O–H groups in total. The van der Waals surface area contributed by atoms with Crippen LogP contribution in [-0.2, 0) is 0 Å². The molecule has 0 atom stereocenters. The van der Waals surface area contributed by atoms with Crippen molar-refractivity contribution in [3.8, 4) is 0 Å². The molecular formula is C7H7BF2OS. The molecule has 0 aliphatic carbocycles. The largest absolute Gasteiger partial charge is 0.438 e. The van der Waals surface area contributed by atoms with Crippen LogP contribution < -0.4 is 5.46 Å². The second-order valence-corrected chi connectivity index (χ2v) is 2.96. The molecule has 0 unspecified atom stereocenters. The number of hydrogen-bond acceptors (Lipinski definition) is 2. The standard InChI is InChI=1S/C7H7BF2OS/c1-4-6(8(11)12)2-5(9)3-7(4)10/h2-3,11-12H,1H3. The number of hydrogen-bond donors (Lipinski definition) is 2. The Morgan fingerprint density at radius 1 is 1.42 bits per heavy atom. The summed E-state index contributed by atoms with van der Waals surface area (Å²) < 4.78 is 25.4. The van der Waals surface area contributed by atoms with E-state index in [2.05, 4.69) is 12.5 Å². The topological polar surface area (TPSA) is 20.2 Å². The molecule has 1 nitrogen and oxygen atoms in total. The van der Waals surface area contributed by atoms with Gasteiger partial charge >= 0.3 is 6.19 Å². The minimum Gasteiger partial charge on any atom is -0.438 e. The number of thiol groups is 1. The number of rotatable bonds is 1. The molecule has 1 rings (SSSR count). The minimum atomic E-state index is -1.14. The van der Waals surface area contributed by atoms with E-state index in [1.807, 2.05) is 0 Å². The van der Waals surface area contributed by atoms with Gasteiger partial charge in [0.25, 0.3) is 0 Å². The first-order chi connectivity index (χ1) is 5.52. The molecule has 0 amide bonds. The second-order valence-electron chi connectivity index (χ2n) is 2.48. The Balaban J connectivity index is 3.28. The van der Waals surface area contributed by atoms with Crippen LogP contribution in [0.1, 0.15) is 5.56 Å². The van der Waals surface area contributed by atoms with Crippen LogP contribution in [-0.4, -0.2) is 11.2 Å². The third-order valence-corrected chi connectivity index (χ3v) is 1.91. The molecule has 12 heavy (non-hydrogen) atoms.